The third kappa shape index (κ3) is 5.79. The van der Waals surface area contributed by atoms with Crippen molar-refractivity contribution in [2.75, 3.05) is 60.2 Å². The molecule has 5 heteroatoms. The maximum absolute atomic E-state index is 10.5. The van der Waals surface area contributed by atoms with Crippen LogP contribution in [0.1, 0.15) is 12.8 Å². The summed E-state index contributed by atoms with van der Waals surface area (Å²) in [5.74, 6) is 0. The van der Waals surface area contributed by atoms with Crippen LogP contribution in [0.4, 0.5) is 0 Å². The van der Waals surface area contributed by atoms with Gasteiger partial charge in [-0.05, 0) is 25.9 Å². The molecule has 0 radical (unpaired) electrons. The largest absolute Gasteiger partial charge is 0.388 e. The molecule has 1 rings (SSSR count). The summed E-state index contributed by atoms with van der Waals surface area (Å²) in [5, 5.41) is 13.7. The quantitative estimate of drug-likeness (QED) is 0.616. The summed E-state index contributed by atoms with van der Waals surface area (Å²) >= 11 is 0. The van der Waals surface area contributed by atoms with Gasteiger partial charge in [0.15, 0.2) is 0 Å². The zero-order valence-electron chi connectivity index (χ0n) is 11.1. The van der Waals surface area contributed by atoms with Gasteiger partial charge in [-0.3, -0.25) is 4.90 Å². The zero-order chi connectivity index (χ0) is 12.6. The first-order chi connectivity index (χ1) is 8.20. The van der Waals surface area contributed by atoms with E-state index in [9.17, 15) is 5.11 Å². The van der Waals surface area contributed by atoms with E-state index < -0.39 is 5.60 Å². The van der Waals surface area contributed by atoms with E-state index in [2.05, 4.69) is 10.2 Å². The van der Waals surface area contributed by atoms with Gasteiger partial charge in [-0.1, -0.05) is 0 Å². The van der Waals surface area contributed by atoms with E-state index in [4.69, 9.17) is 9.47 Å². The maximum atomic E-state index is 10.5. The Morgan fingerprint density at radius 3 is 2.12 bits per heavy atom. The highest BCUT2D eigenvalue weighted by atomic mass is 16.5. The molecule has 0 saturated carbocycles. The smallest absolute Gasteiger partial charge is 0.0798 e. The van der Waals surface area contributed by atoms with Crippen LogP contribution in [-0.4, -0.2) is 75.8 Å². The van der Waals surface area contributed by atoms with Gasteiger partial charge in [-0.15, -0.1) is 0 Å². The van der Waals surface area contributed by atoms with E-state index in [0.717, 1.165) is 39.0 Å². The summed E-state index contributed by atoms with van der Waals surface area (Å²) in [6.07, 6.45) is 1.65. The van der Waals surface area contributed by atoms with E-state index in [1.165, 1.54) is 0 Å². The molecule has 0 amide bonds. The van der Waals surface area contributed by atoms with Crippen LogP contribution in [0.15, 0.2) is 0 Å². The van der Waals surface area contributed by atoms with Crippen molar-refractivity contribution in [2.45, 2.75) is 18.4 Å². The molecule has 0 aromatic carbocycles. The van der Waals surface area contributed by atoms with Crippen LogP contribution in [0.2, 0.25) is 0 Å². The highest BCUT2D eigenvalue weighted by molar-refractivity contribution is 4.87. The second-order valence-electron chi connectivity index (χ2n) is 4.74. The van der Waals surface area contributed by atoms with Crippen molar-refractivity contribution in [3.05, 3.63) is 0 Å². The SMILES string of the molecule is COCCN(CCOC)CC1(O)CCNCC1. The molecular formula is C12H26N2O3. The molecule has 1 fully saturated rings. The summed E-state index contributed by atoms with van der Waals surface area (Å²) < 4.78 is 10.2. The highest BCUT2D eigenvalue weighted by Crippen LogP contribution is 2.19. The fourth-order valence-corrected chi connectivity index (χ4v) is 2.18. The van der Waals surface area contributed by atoms with Gasteiger partial charge in [-0.25, -0.2) is 0 Å². The second-order valence-corrected chi connectivity index (χ2v) is 4.74. The van der Waals surface area contributed by atoms with Gasteiger partial charge in [0, 0.05) is 33.9 Å². The molecule has 0 aliphatic carbocycles. The van der Waals surface area contributed by atoms with E-state index >= 15 is 0 Å². The lowest BCUT2D eigenvalue weighted by atomic mass is 9.92. The monoisotopic (exact) mass is 246 g/mol. The van der Waals surface area contributed by atoms with Gasteiger partial charge >= 0.3 is 0 Å². The van der Waals surface area contributed by atoms with Gasteiger partial charge in [0.05, 0.1) is 18.8 Å². The molecule has 0 bridgehead atoms. The maximum Gasteiger partial charge on any atom is 0.0798 e. The van der Waals surface area contributed by atoms with E-state index in [-0.39, 0.29) is 0 Å². The Labute approximate surface area is 104 Å². The second kappa shape index (κ2) is 8.00. The minimum absolute atomic E-state index is 0.549. The molecule has 0 unspecified atom stereocenters. The third-order valence-corrected chi connectivity index (χ3v) is 3.28. The highest BCUT2D eigenvalue weighted by Gasteiger charge is 2.30. The zero-order valence-corrected chi connectivity index (χ0v) is 11.1. The number of aliphatic hydroxyl groups is 1. The van der Waals surface area contributed by atoms with E-state index in [0.29, 0.717) is 19.8 Å². The van der Waals surface area contributed by atoms with Crippen LogP contribution in [0.3, 0.4) is 0 Å². The number of nitrogens with zero attached hydrogens (tertiary/aromatic N) is 1. The molecule has 5 nitrogen and oxygen atoms in total. The van der Waals surface area contributed by atoms with Crippen LogP contribution in [-0.2, 0) is 9.47 Å². The van der Waals surface area contributed by atoms with Crippen LogP contribution in [0.5, 0.6) is 0 Å². The van der Waals surface area contributed by atoms with Crippen molar-refractivity contribution in [2.24, 2.45) is 0 Å². The molecule has 1 aliphatic heterocycles. The third-order valence-electron chi connectivity index (χ3n) is 3.28. The number of piperidine rings is 1. The first-order valence-corrected chi connectivity index (χ1v) is 6.33. The Hall–Kier alpha value is -0.200. The minimum Gasteiger partial charge on any atom is -0.388 e. The molecule has 1 aliphatic rings. The summed E-state index contributed by atoms with van der Waals surface area (Å²) in [6.45, 7) is 5.58. The number of rotatable bonds is 8. The first kappa shape index (κ1) is 14.9. The van der Waals surface area contributed by atoms with E-state index in [1.54, 1.807) is 14.2 Å². The van der Waals surface area contributed by atoms with Gasteiger partial charge in [0.1, 0.15) is 0 Å². The Kier molecular flexibility index (Phi) is 6.99. The minimum atomic E-state index is -0.549. The Bertz CT molecular complexity index is 188. The normalized spacial score (nSPS) is 19.8. The fourth-order valence-electron chi connectivity index (χ4n) is 2.18. The van der Waals surface area contributed by atoms with Crippen molar-refractivity contribution in [3.8, 4) is 0 Å². The Balaban J connectivity index is 2.38. The van der Waals surface area contributed by atoms with Crippen molar-refractivity contribution in [1.29, 1.82) is 0 Å². The molecule has 1 heterocycles. The lowest BCUT2D eigenvalue weighted by Crippen LogP contribution is -2.50. The van der Waals surface area contributed by atoms with Gasteiger partial charge in [-0.2, -0.15) is 0 Å². The van der Waals surface area contributed by atoms with E-state index in [1.807, 2.05) is 0 Å². The molecule has 0 aromatic rings. The predicted octanol–water partition coefficient (Wildman–Crippen LogP) is -0.304. The number of nitrogens with one attached hydrogen (secondary N) is 1. The molecule has 17 heavy (non-hydrogen) atoms. The number of methoxy groups -OCH3 is 2. The average molecular weight is 246 g/mol. The van der Waals surface area contributed by atoms with Crippen LogP contribution in [0, 0.1) is 0 Å². The van der Waals surface area contributed by atoms with Crippen molar-refractivity contribution < 1.29 is 14.6 Å². The Morgan fingerprint density at radius 1 is 1.12 bits per heavy atom. The molecule has 0 spiro atoms. The summed E-state index contributed by atoms with van der Waals surface area (Å²) in [4.78, 5) is 2.22. The topological polar surface area (TPSA) is 54.0 Å². The Morgan fingerprint density at radius 2 is 1.65 bits per heavy atom. The lowest BCUT2D eigenvalue weighted by molar-refractivity contribution is -0.0290. The average Bonchev–Trinajstić information content (AvgIpc) is 2.33. The molecule has 1 saturated heterocycles. The van der Waals surface area contributed by atoms with Crippen LogP contribution < -0.4 is 5.32 Å². The first-order valence-electron chi connectivity index (χ1n) is 6.33. The van der Waals surface area contributed by atoms with Crippen molar-refractivity contribution >= 4 is 0 Å². The number of ether oxygens (including phenoxy) is 2. The molecule has 102 valence electrons. The summed E-state index contributed by atoms with van der Waals surface area (Å²) in [6, 6.07) is 0. The predicted molar refractivity (Wildman–Crippen MR) is 67.2 cm³/mol. The van der Waals surface area contributed by atoms with Gasteiger partial charge in [0.2, 0.25) is 0 Å². The molecular weight excluding hydrogens is 220 g/mol. The van der Waals surface area contributed by atoms with Crippen molar-refractivity contribution in [3.63, 3.8) is 0 Å². The van der Waals surface area contributed by atoms with Crippen molar-refractivity contribution in [1.82, 2.24) is 10.2 Å². The van der Waals surface area contributed by atoms with Crippen LogP contribution >= 0.6 is 0 Å². The molecule has 0 aromatic heterocycles. The number of hydrogen-bond donors (Lipinski definition) is 2. The van der Waals surface area contributed by atoms with Gasteiger partial charge < -0.3 is 19.9 Å². The lowest BCUT2D eigenvalue weighted by Gasteiger charge is -2.37. The van der Waals surface area contributed by atoms with Gasteiger partial charge in [0.25, 0.3) is 0 Å². The summed E-state index contributed by atoms with van der Waals surface area (Å²) in [5.41, 5.74) is -0.549. The number of hydrogen-bond acceptors (Lipinski definition) is 5. The van der Waals surface area contributed by atoms with Crippen LogP contribution in [0.25, 0.3) is 0 Å². The molecule has 0 atom stereocenters. The standard InChI is InChI=1S/C12H26N2O3/c1-16-9-7-14(8-10-17-2)11-12(15)3-5-13-6-4-12/h13,15H,3-11H2,1-2H3. The summed E-state index contributed by atoms with van der Waals surface area (Å²) in [7, 11) is 3.40. The fraction of sp³-hybridized carbons (Fsp3) is 1.00. The molecule has 2 N–H and O–H groups in total.